The van der Waals surface area contributed by atoms with Crippen molar-refractivity contribution in [3.63, 3.8) is 0 Å². The fraction of sp³-hybridized carbons (Fsp3) is 0.300. The second-order valence-electron chi connectivity index (χ2n) is 7.14. The lowest BCUT2D eigenvalue weighted by molar-refractivity contribution is 0.0494. The van der Waals surface area contributed by atoms with Crippen molar-refractivity contribution in [3.05, 3.63) is 65.5 Å². The number of carbonyl (C=O) groups excluding carboxylic acids is 1. The number of benzene rings is 2. The highest BCUT2D eigenvalue weighted by atomic mass is 16.3. The predicted molar refractivity (Wildman–Crippen MR) is 104 cm³/mol. The van der Waals surface area contributed by atoms with Gasteiger partial charge in [-0.05, 0) is 60.0 Å². The molecule has 0 radical (unpaired) electrons. The molecule has 1 atom stereocenters. The van der Waals surface area contributed by atoms with Crippen LogP contribution in [0.3, 0.4) is 0 Å². The summed E-state index contributed by atoms with van der Waals surface area (Å²) in [7, 11) is 0. The maximum atomic E-state index is 12.7. The van der Waals surface area contributed by atoms with Gasteiger partial charge in [-0.1, -0.05) is 30.3 Å². The Hall–Kier alpha value is -3.26. The van der Waals surface area contributed by atoms with Crippen LogP contribution in [0.2, 0.25) is 0 Å². The van der Waals surface area contributed by atoms with Crippen molar-refractivity contribution >= 4 is 11.7 Å². The number of urea groups is 1. The molecule has 2 amide bonds. The number of aryl methyl sites for hydroxylation is 2. The Kier molecular flexibility index (Phi) is 4.56. The van der Waals surface area contributed by atoms with Crippen molar-refractivity contribution in [1.82, 2.24) is 25.1 Å². The van der Waals surface area contributed by atoms with Crippen LogP contribution in [-0.2, 0) is 5.60 Å². The number of tetrazole rings is 1. The molecule has 144 valence electrons. The molecule has 1 unspecified atom stereocenters. The van der Waals surface area contributed by atoms with E-state index in [1.54, 1.807) is 9.58 Å². The van der Waals surface area contributed by atoms with Crippen molar-refractivity contribution in [2.45, 2.75) is 25.9 Å². The Labute approximate surface area is 162 Å². The van der Waals surface area contributed by atoms with Crippen LogP contribution in [-0.4, -0.2) is 49.3 Å². The van der Waals surface area contributed by atoms with Gasteiger partial charge in [-0.15, -0.1) is 5.10 Å². The lowest BCUT2D eigenvalue weighted by Crippen LogP contribution is -2.37. The number of rotatable bonds is 3. The Bertz CT molecular complexity index is 1020. The first-order valence-corrected chi connectivity index (χ1v) is 9.16. The molecule has 0 bridgehead atoms. The normalized spacial score (nSPS) is 19.0. The van der Waals surface area contributed by atoms with E-state index in [9.17, 15) is 9.90 Å². The molecule has 0 aliphatic carbocycles. The summed E-state index contributed by atoms with van der Waals surface area (Å²) in [4.78, 5) is 14.4. The standard InChI is InChI=1S/C20H22N6O2/c1-14-6-3-4-9-18(14)20(28)10-11-25(13-20)19(27)21-16-7-5-8-17(12-16)26-15(2)22-23-24-26/h3-9,12,28H,10-11,13H2,1-2H3,(H,21,27). The SMILES string of the molecule is Cc1ccccc1C1(O)CCN(C(=O)Nc2cccc(-n3nnnc3C)c2)C1. The Balaban J connectivity index is 1.48. The van der Waals surface area contributed by atoms with E-state index < -0.39 is 5.60 Å². The monoisotopic (exact) mass is 378 g/mol. The fourth-order valence-corrected chi connectivity index (χ4v) is 3.67. The molecule has 2 N–H and O–H groups in total. The van der Waals surface area contributed by atoms with E-state index >= 15 is 0 Å². The molecule has 3 aromatic rings. The minimum atomic E-state index is -1.02. The van der Waals surface area contributed by atoms with E-state index in [1.807, 2.05) is 62.4 Å². The third-order valence-electron chi connectivity index (χ3n) is 5.15. The highest BCUT2D eigenvalue weighted by Gasteiger charge is 2.40. The second kappa shape index (κ2) is 7.05. The number of hydrogen-bond donors (Lipinski definition) is 2. The minimum absolute atomic E-state index is 0.241. The summed E-state index contributed by atoms with van der Waals surface area (Å²) in [6.45, 7) is 4.53. The molecule has 8 heteroatoms. The van der Waals surface area contributed by atoms with Gasteiger partial charge < -0.3 is 15.3 Å². The summed E-state index contributed by atoms with van der Waals surface area (Å²) in [5.41, 5.74) is 2.29. The van der Waals surface area contributed by atoms with E-state index in [-0.39, 0.29) is 12.6 Å². The number of β-amino-alcohol motifs (C(OH)–C–C–N with tert-alkyl or cyclic N) is 1. The third kappa shape index (κ3) is 3.34. The van der Waals surface area contributed by atoms with Gasteiger partial charge in [0.1, 0.15) is 5.60 Å². The molecule has 2 aromatic carbocycles. The lowest BCUT2D eigenvalue weighted by atomic mass is 9.89. The molecule has 1 aromatic heterocycles. The summed E-state index contributed by atoms with van der Waals surface area (Å²) in [5.74, 6) is 0.659. The molecule has 1 fully saturated rings. The van der Waals surface area contributed by atoms with E-state index in [0.29, 0.717) is 24.5 Å². The number of carbonyl (C=O) groups is 1. The Morgan fingerprint density at radius 1 is 1.18 bits per heavy atom. The molecule has 2 heterocycles. The molecule has 8 nitrogen and oxygen atoms in total. The maximum Gasteiger partial charge on any atom is 0.321 e. The third-order valence-corrected chi connectivity index (χ3v) is 5.15. The fourth-order valence-electron chi connectivity index (χ4n) is 3.67. The van der Waals surface area contributed by atoms with Crippen molar-refractivity contribution in [3.8, 4) is 5.69 Å². The van der Waals surface area contributed by atoms with Gasteiger partial charge in [0.25, 0.3) is 0 Å². The molecule has 28 heavy (non-hydrogen) atoms. The number of aromatic nitrogens is 4. The smallest absolute Gasteiger partial charge is 0.321 e. The van der Waals surface area contributed by atoms with Crippen LogP contribution in [0.15, 0.2) is 48.5 Å². The van der Waals surface area contributed by atoms with Crippen molar-refractivity contribution in [1.29, 1.82) is 0 Å². The number of hydrogen-bond acceptors (Lipinski definition) is 5. The van der Waals surface area contributed by atoms with Gasteiger partial charge in [0.05, 0.1) is 12.2 Å². The second-order valence-corrected chi connectivity index (χ2v) is 7.14. The zero-order valence-electron chi connectivity index (χ0n) is 15.8. The topological polar surface area (TPSA) is 96.2 Å². The van der Waals surface area contributed by atoms with Gasteiger partial charge in [0.15, 0.2) is 5.82 Å². The molecule has 1 aliphatic heterocycles. The zero-order valence-corrected chi connectivity index (χ0v) is 15.8. The van der Waals surface area contributed by atoms with Crippen LogP contribution in [0.1, 0.15) is 23.4 Å². The van der Waals surface area contributed by atoms with Gasteiger partial charge >= 0.3 is 6.03 Å². The van der Waals surface area contributed by atoms with Crippen molar-refractivity contribution in [2.24, 2.45) is 0 Å². The van der Waals surface area contributed by atoms with Crippen LogP contribution < -0.4 is 5.32 Å². The van der Waals surface area contributed by atoms with Crippen LogP contribution in [0, 0.1) is 13.8 Å². The van der Waals surface area contributed by atoms with Gasteiger partial charge in [-0.25, -0.2) is 4.79 Å². The highest BCUT2D eigenvalue weighted by Crippen LogP contribution is 2.34. The summed E-state index contributed by atoms with van der Waals surface area (Å²) in [5, 5.41) is 25.4. The van der Waals surface area contributed by atoms with Crippen LogP contribution in [0.25, 0.3) is 5.69 Å². The molecule has 1 aliphatic rings. The summed E-state index contributed by atoms with van der Waals surface area (Å²) < 4.78 is 1.60. The summed E-state index contributed by atoms with van der Waals surface area (Å²) in [6.07, 6.45) is 0.509. The molecular weight excluding hydrogens is 356 g/mol. The van der Waals surface area contributed by atoms with Gasteiger partial charge in [-0.3, -0.25) is 0 Å². The van der Waals surface area contributed by atoms with Gasteiger partial charge in [-0.2, -0.15) is 4.68 Å². The summed E-state index contributed by atoms with van der Waals surface area (Å²) in [6, 6.07) is 14.8. The number of nitrogens with one attached hydrogen (secondary N) is 1. The predicted octanol–water partition coefficient (Wildman–Crippen LogP) is 2.40. The highest BCUT2D eigenvalue weighted by molar-refractivity contribution is 5.90. The molecule has 4 rings (SSSR count). The van der Waals surface area contributed by atoms with E-state index in [1.165, 1.54) is 0 Å². The number of nitrogens with zero attached hydrogens (tertiary/aromatic N) is 5. The number of anilines is 1. The molecule has 0 spiro atoms. The zero-order chi connectivity index (χ0) is 19.7. The number of amides is 2. The maximum absolute atomic E-state index is 12.7. The molecule has 1 saturated heterocycles. The number of likely N-dealkylation sites (tertiary alicyclic amines) is 1. The van der Waals surface area contributed by atoms with E-state index in [2.05, 4.69) is 20.8 Å². The Morgan fingerprint density at radius 3 is 2.75 bits per heavy atom. The Morgan fingerprint density at radius 2 is 2.00 bits per heavy atom. The number of aliphatic hydroxyl groups is 1. The van der Waals surface area contributed by atoms with Crippen LogP contribution in [0.4, 0.5) is 10.5 Å². The quantitative estimate of drug-likeness (QED) is 0.730. The van der Waals surface area contributed by atoms with Gasteiger partial charge in [0, 0.05) is 12.2 Å². The minimum Gasteiger partial charge on any atom is -0.383 e. The van der Waals surface area contributed by atoms with Gasteiger partial charge in [0.2, 0.25) is 0 Å². The van der Waals surface area contributed by atoms with E-state index in [0.717, 1.165) is 16.8 Å². The van der Waals surface area contributed by atoms with Crippen molar-refractivity contribution in [2.75, 3.05) is 18.4 Å². The summed E-state index contributed by atoms with van der Waals surface area (Å²) >= 11 is 0. The van der Waals surface area contributed by atoms with Crippen LogP contribution >= 0.6 is 0 Å². The average Bonchev–Trinajstić information content (AvgIpc) is 3.29. The largest absolute Gasteiger partial charge is 0.383 e. The lowest BCUT2D eigenvalue weighted by Gasteiger charge is -2.25. The first-order valence-electron chi connectivity index (χ1n) is 9.16. The average molecular weight is 378 g/mol. The first kappa shape index (κ1) is 18.1. The first-order chi connectivity index (χ1) is 13.5. The molecule has 0 saturated carbocycles. The van der Waals surface area contributed by atoms with Crippen molar-refractivity contribution < 1.29 is 9.90 Å². The van der Waals surface area contributed by atoms with Crippen LogP contribution in [0.5, 0.6) is 0 Å². The van der Waals surface area contributed by atoms with E-state index in [4.69, 9.17) is 0 Å². The molecular formula is C20H22N6O2.